The molecule has 2 aromatic carbocycles. The molecule has 5 rings (SSSR count). The van der Waals surface area contributed by atoms with E-state index in [0.29, 0.717) is 12.0 Å². The van der Waals surface area contributed by atoms with Gasteiger partial charge in [-0.3, -0.25) is 4.68 Å². The summed E-state index contributed by atoms with van der Waals surface area (Å²) in [7, 11) is 5.24. The first kappa shape index (κ1) is 33.0. The first-order valence-electron chi connectivity index (χ1n) is 16.2. The molecule has 2 aliphatic rings. The van der Waals surface area contributed by atoms with Crippen molar-refractivity contribution in [3.63, 3.8) is 0 Å². The Kier molecular flexibility index (Phi) is 10.6. The molecule has 1 aromatic heterocycles. The van der Waals surface area contributed by atoms with E-state index in [1.54, 1.807) is 25.0 Å². The van der Waals surface area contributed by atoms with Gasteiger partial charge in [-0.2, -0.15) is 23.5 Å². The van der Waals surface area contributed by atoms with Gasteiger partial charge >= 0.3 is 6.18 Å². The monoisotopic (exact) mass is 622 g/mol. The van der Waals surface area contributed by atoms with Crippen LogP contribution in [0.5, 0.6) is 0 Å². The standard InChI is InChI=1S/C36H45F3N4O2/c1-5-43(14-9-8-12-34(44-3)45-4)33-22-27-11-7-6-10-26(27)20-28(33)21-31-30(35(31)32-13-15-42(2)41-32)19-24-16-25(23-40)18-29(17-24)36(37,38)39/h13,15-18,20,22,30-31,34-35H,5-12,14,19,21H2,1-4H3/t30?,31-,35?/m0/s1. The van der Waals surface area contributed by atoms with Gasteiger partial charge in [-0.25, -0.2) is 0 Å². The van der Waals surface area contributed by atoms with Gasteiger partial charge in [0.15, 0.2) is 6.29 Å². The molecule has 242 valence electrons. The van der Waals surface area contributed by atoms with Crippen molar-refractivity contribution in [1.29, 1.82) is 5.26 Å². The molecule has 0 bridgehead atoms. The Bertz CT molecular complexity index is 1490. The highest BCUT2D eigenvalue weighted by atomic mass is 19.4. The molecular weight excluding hydrogens is 577 g/mol. The van der Waals surface area contributed by atoms with Crippen LogP contribution in [0.3, 0.4) is 0 Å². The van der Waals surface area contributed by atoms with Crippen molar-refractivity contribution >= 4 is 5.69 Å². The number of alkyl halides is 3. The van der Waals surface area contributed by atoms with E-state index in [1.165, 1.54) is 41.3 Å². The summed E-state index contributed by atoms with van der Waals surface area (Å²) in [4.78, 5) is 2.48. The van der Waals surface area contributed by atoms with E-state index < -0.39 is 11.7 Å². The number of nitrogens with zero attached hydrogens (tertiary/aromatic N) is 4. The van der Waals surface area contributed by atoms with Crippen LogP contribution in [0.1, 0.15) is 84.0 Å². The highest BCUT2D eigenvalue weighted by Crippen LogP contribution is 2.57. The van der Waals surface area contributed by atoms with Crippen LogP contribution in [0, 0.1) is 23.2 Å². The second kappa shape index (κ2) is 14.4. The summed E-state index contributed by atoms with van der Waals surface area (Å²) in [6.07, 6.45) is 6.02. The number of aryl methyl sites for hydroxylation is 3. The summed E-state index contributed by atoms with van der Waals surface area (Å²) in [6.45, 7) is 4.03. The molecule has 6 nitrogen and oxygen atoms in total. The molecular formula is C36H45F3N4O2. The second-order valence-electron chi connectivity index (χ2n) is 12.6. The molecule has 3 atom stereocenters. The zero-order chi connectivity index (χ0) is 32.1. The molecule has 0 radical (unpaired) electrons. The van der Waals surface area contributed by atoms with Gasteiger partial charge in [0.25, 0.3) is 0 Å². The van der Waals surface area contributed by atoms with Crippen molar-refractivity contribution in [1.82, 2.24) is 9.78 Å². The number of benzene rings is 2. The Labute approximate surface area is 265 Å². The number of anilines is 1. The molecule has 45 heavy (non-hydrogen) atoms. The number of fused-ring (bicyclic) bond motifs is 1. The number of aromatic nitrogens is 2. The molecule has 0 spiro atoms. The smallest absolute Gasteiger partial charge is 0.372 e. The summed E-state index contributed by atoms with van der Waals surface area (Å²) in [5.74, 6) is 0.516. The van der Waals surface area contributed by atoms with E-state index in [2.05, 4.69) is 24.0 Å². The third kappa shape index (κ3) is 7.90. The highest BCUT2D eigenvalue weighted by molar-refractivity contribution is 5.59. The maximum absolute atomic E-state index is 13.7. The Morgan fingerprint density at radius 2 is 1.73 bits per heavy atom. The summed E-state index contributed by atoms with van der Waals surface area (Å²) in [6, 6.07) is 12.6. The fourth-order valence-corrected chi connectivity index (χ4v) is 7.29. The maximum atomic E-state index is 13.7. The van der Waals surface area contributed by atoms with Gasteiger partial charge in [0.05, 0.1) is 22.9 Å². The van der Waals surface area contributed by atoms with E-state index in [9.17, 15) is 18.4 Å². The van der Waals surface area contributed by atoms with Crippen molar-refractivity contribution in [3.8, 4) is 6.07 Å². The summed E-state index contributed by atoms with van der Waals surface area (Å²) in [5.41, 5.74) is 6.30. The molecule has 0 N–H and O–H groups in total. The molecule has 0 aliphatic heterocycles. The van der Waals surface area contributed by atoms with Crippen LogP contribution in [0.25, 0.3) is 0 Å². The molecule has 0 saturated heterocycles. The minimum atomic E-state index is -4.50. The van der Waals surface area contributed by atoms with Crippen LogP contribution in [0.2, 0.25) is 0 Å². The van der Waals surface area contributed by atoms with E-state index in [1.807, 2.05) is 25.4 Å². The molecule has 1 fully saturated rings. The highest BCUT2D eigenvalue weighted by Gasteiger charge is 2.52. The molecule has 1 saturated carbocycles. The van der Waals surface area contributed by atoms with Gasteiger partial charge in [0.1, 0.15) is 0 Å². The van der Waals surface area contributed by atoms with Gasteiger partial charge in [0.2, 0.25) is 0 Å². The zero-order valence-electron chi connectivity index (χ0n) is 26.9. The zero-order valence-corrected chi connectivity index (χ0v) is 26.9. The summed E-state index contributed by atoms with van der Waals surface area (Å²) in [5, 5.41) is 14.2. The van der Waals surface area contributed by atoms with Crippen molar-refractivity contribution in [2.75, 3.05) is 32.2 Å². The number of nitriles is 1. The predicted octanol–water partition coefficient (Wildman–Crippen LogP) is 7.62. The average Bonchev–Trinajstić information content (AvgIpc) is 3.50. The molecule has 3 aromatic rings. The molecule has 0 amide bonds. The quantitative estimate of drug-likeness (QED) is 0.137. The SMILES string of the molecule is CCN(CCCCC(OC)OC)c1cc2c(cc1C[C@H]1C(Cc3cc(C#N)cc(C(F)(F)F)c3)C1c1ccn(C)n1)CCCC2. The van der Waals surface area contributed by atoms with E-state index in [0.717, 1.165) is 63.4 Å². The maximum Gasteiger partial charge on any atom is 0.416 e. The fraction of sp³-hybridized carbons (Fsp3) is 0.556. The Balaban J connectivity index is 1.42. The van der Waals surface area contributed by atoms with Crippen LogP contribution in [0.15, 0.2) is 42.6 Å². The molecule has 9 heteroatoms. The predicted molar refractivity (Wildman–Crippen MR) is 169 cm³/mol. The minimum absolute atomic E-state index is 0.0456. The Morgan fingerprint density at radius 1 is 1.02 bits per heavy atom. The third-order valence-electron chi connectivity index (χ3n) is 9.69. The van der Waals surface area contributed by atoms with Crippen LogP contribution < -0.4 is 4.90 Å². The Morgan fingerprint density at radius 3 is 2.36 bits per heavy atom. The van der Waals surface area contributed by atoms with Gasteiger partial charge in [0, 0.05) is 52.2 Å². The molecule has 1 heterocycles. The lowest BCUT2D eigenvalue weighted by atomic mass is 9.87. The van der Waals surface area contributed by atoms with Crippen molar-refractivity contribution in [2.45, 2.75) is 83.1 Å². The lowest BCUT2D eigenvalue weighted by molar-refractivity contribution is -0.137. The Hall–Kier alpha value is -3.35. The van der Waals surface area contributed by atoms with E-state index >= 15 is 0 Å². The van der Waals surface area contributed by atoms with Crippen molar-refractivity contribution in [3.05, 3.63) is 81.7 Å². The number of ether oxygens (including phenoxy) is 2. The van der Waals surface area contributed by atoms with Gasteiger partial charge in [-0.15, -0.1) is 0 Å². The summed E-state index contributed by atoms with van der Waals surface area (Å²) < 4.78 is 53.6. The largest absolute Gasteiger partial charge is 0.416 e. The van der Waals surface area contributed by atoms with E-state index in [4.69, 9.17) is 14.6 Å². The van der Waals surface area contributed by atoms with Crippen LogP contribution in [-0.4, -0.2) is 43.4 Å². The van der Waals surface area contributed by atoms with Crippen LogP contribution in [-0.2, 0) is 48.4 Å². The normalized spacial score (nSPS) is 19.4. The van der Waals surface area contributed by atoms with Gasteiger partial charge in [-0.05, 0) is 129 Å². The number of hydrogen-bond acceptors (Lipinski definition) is 5. The summed E-state index contributed by atoms with van der Waals surface area (Å²) >= 11 is 0. The topological polar surface area (TPSA) is 63.3 Å². The number of hydrogen-bond donors (Lipinski definition) is 0. The van der Waals surface area contributed by atoms with Crippen molar-refractivity contribution in [2.24, 2.45) is 18.9 Å². The third-order valence-corrected chi connectivity index (χ3v) is 9.69. The molecule has 2 unspecified atom stereocenters. The second-order valence-corrected chi connectivity index (χ2v) is 12.6. The minimum Gasteiger partial charge on any atom is -0.372 e. The van der Waals surface area contributed by atoms with Crippen molar-refractivity contribution < 1.29 is 22.6 Å². The fourth-order valence-electron chi connectivity index (χ4n) is 7.29. The van der Waals surface area contributed by atoms with E-state index in [-0.39, 0.29) is 29.6 Å². The lowest BCUT2D eigenvalue weighted by Crippen LogP contribution is -2.26. The van der Waals surface area contributed by atoms with Crippen LogP contribution in [0.4, 0.5) is 18.9 Å². The lowest BCUT2D eigenvalue weighted by Gasteiger charge is -2.29. The van der Waals surface area contributed by atoms with Crippen LogP contribution >= 0.6 is 0 Å². The average molecular weight is 623 g/mol. The number of unbranched alkanes of at least 4 members (excludes halogenated alkanes) is 1. The number of methoxy groups -OCH3 is 2. The first-order valence-corrected chi connectivity index (χ1v) is 16.2. The van der Waals surface area contributed by atoms with Gasteiger partial charge in [-0.1, -0.05) is 6.07 Å². The number of halogens is 3. The molecule has 2 aliphatic carbocycles. The van der Waals surface area contributed by atoms with Gasteiger partial charge < -0.3 is 14.4 Å². The first-order chi connectivity index (χ1) is 21.6. The number of rotatable bonds is 14.